The Hall–Kier alpha value is -6.57. The molecule has 48 heavy (non-hydrogen) atoms. The summed E-state index contributed by atoms with van der Waals surface area (Å²) in [6.07, 6.45) is 3.96. The molecule has 3 heterocycles. The van der Waals surface area contributed by atoms with Crippen molar-refractivity contribution in [3.63, 3.8) is 0 Å². The fourth-order valence-electron chi connectivity index (χ4n) is 7.17. The zero-order valence-corrected chi connectivity index (χ0v) is 26.2. The van der Waals surface area contributed by atoms with Crippen molar-refractivity contribution in [2.24, 2.45) is 0 Å². The third-order valence-electron chi connectivity index (χ3n) is 9.39. The zero-order chi connectivity index (χ0) is 32.4. The number of rotatable bonds is 5. The predicted molar refractivity (Wildman–Crippen MR) is 198 cm³/mol. The number of allylic oxidation sites excluding steroid dienone is 1. The SMILES string of the molecule is C=Cc1oc2ccc3oc4ccc(-c5ccc(C#N)cc5-n5c6ccccc6c6ccccc65)cc4c3c2c1/C=C(\C)c1ccccc1. The van der Waals surface area contributed by atoms with Crippen LogP contribution in [0.2, 0.25) is 0 Å². The maximum atomic E-state index is 9.97. The summed E-state index contributed by atoms with van der Waals surface area (Å²) in [5.74, 6) is 0.721. The highest BCUT2D eigenvalue weighted by atomic mass is 16.3. The Bertz CT molecular complexity index is 2760. The lowest BCUT2D eigenvalue weighted by Crippen LogP contribution is -1.98. The first-order valence-electron chi connectivity index (χ1n) is 15.9. The molecular weight excluding hydrogens is 588 g/mol. The van der Waals surface area contributed by atoms with E-state index in [-0.39, 0.29) is 0 Å². The molecule has 0 radical (unpaired) electrons. The van der Waals surface area contributed by atoms with Gasteiger partial charge in [-0.15, -0.1) is 0 Å². The average molecular weight is 617 g/mol. The van der Waals surface area contributed by atoms with Crippen molar-refractivity contribution < 1.29 is 8.83 Å². The van der Waals surface area contributed by atoms with Crippen LogP contribution in [-0.4, -0.2) is 4.57 Å². The third-order valence-corrected chi connectivity index (χ3v) is 9.39. The van der Waals surface area contributed by atoms with Crippen LogP contribution < -0.4 is 0 Å². The van der Waals surface area contributed by atoms with Gasteiger partial charge in [0.15, 0.2) is 0 Å². The van der Waals surface area contributed by atoms with E-state index < -0.39 is 0 Å². The largest absolute Gasteiger partial charge is 0.456 e. The molecular formula is C44H28N2O2. The normalized spacial score (nSPS) is 12.0. The van der Waals surface area contributed by atoms with Crippen molar-refractivity contribution in [2.45, 2.75) is 6.92 Å². The first-order chi connectivity index (χ1) is 23.6. The number of hydrogen-bond acceptors (Lipinski definition) is 3. The summed E-state index contributed by atoms with van der Waals surface area (Å²) < 4.78 is 15.1. The minimum atomic E-state index is 0.604. The molecule has 0 aliphatic carbocycles. The highest BCUT2D eigenvalue weighted by Crippen LogP contribution is 2.43. The molecule has 0 fully saturated rings. The van der Waals surface area contributed by atoms with Gasteiger partial charge in [0.05, 0.1) is 28.4 Å². The molecule has 0 aliphatic rings. The molecule has 0 unspecified atom stereocenters. The smallest absolute Gasteiger partial charge is 0.136 e. The predicted octanol–water partition coefficient (Wildman–Crippen LogP) is 12.2. The number of hydrogen-bond donors (Lipinski definition) is 0. The molecule has 0 aliphatic heterocycles. The number of para-hydroxylation sites is 2. The van der Waals surface area contributed by atoms with Crippen LogP contribution in [0.15, 0.2) is 143 Å². The van der Waals surface area contributed by atoms with Crippen LogP contribution in [0.4, 0.5) is 0 Å². The Morgan fingerprint density at radius 1 is 0.688 bits per heavy atom. The molecule has 0 saturated carbocycles. The fraction of sp³-hybridized carbons (Fsp3) is 0.0227. The van der Waals surface area contributed by atoms with Crippen LogP contribution in [0.3, 0.4) is 0 Å². The van der Waals surface area contributed by atoms with E-state index >= 15 is 0 Å². The highest BCUT2D eigenvalue weighted by Gasteiger charge is 2.21. The topological polar surface area (TPSA) is 55.0 Å². The van der Waals surface area contributed by atoms with E-state index in [1.807, 2.05) is 36.4 Å². The Morgan fingerprint density at radius 2 is 1.35 bits per heavy atom. The van der Waals surface area contributed by atoms with Crippen molar-refractivity contribution in [1.29, 1.82) is 5.26 Å². The highest BCUT2D eigenvalue weighted by molar-refractivity contribution is 6.22. The van der Waals surface area contributed by atoms with Crippen molar-refractivity contribution in [3.05, 3.63) is 156 Å². The Labute approximate surface area is 276 Å². The van der Waals surface area contributed by atoms with E-state index in [2.05, 4.69) is 121 Å². The van der Waals surface area contributed by atoms with Gasteiger partial charge in [0, 0.05) is 38.1 Å². The summed E-state index contributed by atoms with van der Waals surface area (Å²) >= 11 is 0. The van der Waals surface area contributed by atoms with E-state index in [4.69, 9.17) is 8.83 Å². The molecule has 226 valence electrons. The van der Waals surface area contributed by atoms with Crippen molar-refractivity contribution in [1.82, 2.24) is 4.57 Å². The summed E-state index contributed by atoms with van der Waals surface area (Å²) in [6, 6.07) is 45.8. The number of fused-ring (bicyclic) bond motifs is 8. The van der Waals surface area contributed by atoms with Crippen molar-refractivity contribution in [3.8, 4) is 22.9 Å². The van der Waals surface area contributed by atoms with Gasteiger partial charge in [-0.25, -0.2) is 0 Å². The first-order valence-corrected chi connectivity index (χ1v) is 15.9. The quantitative estimate of drug-likeness (QED) is 0.193. The Balaban J connectivity index is 1.32. The zero-order valence-electron chi connectivity index (χ0n) is 26.2. The van der Waals surface area contributed by atoms with Gasteiger partial charge >= 0.3 is 0 Å². The number of benzene rings is 6. The molecule has 9 rings (SSSR count). The second-order valence-corrected chi connectivity index (χ2v) is 12.1. The van der Waals surface area contributed by atoms with Crippen LogP contribution in [0.5, 0.6) is 0 Å². The van der Waals surface area contributed by atoms with Crippen LogP contribution in [0.25, 0.3) is 89.3 Å². The van der Waals surface area contributed by atoms with E-state index in [0.717, 1.165) is 83.2 Å². The third kappa shape index (κ3) is 4.15. The summed E-state index contributed by atoms with van der Waals surface area (Å²) in [5.41, 5.74) is 11.4. The molecule has 0 spiro atoms. The van der Waals surface area contributed by atoms with Crippen LogP contribution in [0, 0.1) is 11.3 Å². The molecule has 4 nitrogen and oxygen atoms in total. The molecule has 4 heteroatoms. The summed E-state index contributed by atoms with van der Waals surface area (Å²) in [7, 11) is 0. The van der Waals surface area contributed by atoms with Crippen LogP contribution >= 0.6 is 0 Å². The van der Waals surface area contributed by atoms with Gasteiger partial charge in [-0.2, -0.15) is 5.26 Å². The lowest BCUT2D eigenvalue weighted by molar-refractivity contribution is 0.603. The molecule has 0 bridgehead atoms. The first kappa shape index (κ1) is 27.7. The van der Waals surface area contributed by atoms with Gasteiger partial charge in [-0.3, -0.25) is 0 Å². The molecule has 3 aromatic heterocycles. The van der Waals surface area contributed by atoms with E-state index in [0.29, 0.717) is 5.56 Å². The van der Waals surface area contributed by atoms with Gasteiger partial charge in [0.2, 0.25) is 0 Å². The Kier molecular flexibility index (Phi) is 6.21. The molecule has 0 saturated heterocycles. The minimum Gasteiger partial charge on any atom is -0.456 e. The fourth-order valence-corrected chi connectivity index (χ4v) is 7.17. The second kappa shape index (κ2) is 10.8. The van der Waals surface area contributed by atoms with Crippen molar-refractivity contribution in [2.75, 3.05) is 0 Å². The van der Waals surface area contributed by atoms with E-state index in [1.165, 1.54) is 10.8 Å². The van der Waals surface area contributed by atoms with Gasteiger partial charge in [0.25, 0.3) is 0 Å². The molecule has 9 aromatic rings. The van der Waals surface area contributed by atoms with E-state index in [9.17, 15) is 5.26 Å². The van der Waals surface area contributed by atoms with Crippen LogP contribution in [-0.2, 0) is 0 Å². The van der Waals surface area contributed by atoms with Gasteiger partial charge in [-0.05, 0) is 84.3 Å². The van der Waals surface area contributed by atoms with Gasteiger partial charge in [-0.1, -0.05) is 85.4 Å². The lowest BCUT2D eigenvalue weighted by atomic mass is 9.97. The number of nitriles is 1. The summed E-state index contributed by atoms with van der Waals surface area (Å²) in [5, 5.41) is 15.3. The van der Waals surface area contributed by atoms with Crippen LogP contribution in [0.1, 0.15) is 29.4 Å². The lowest BCUT2D eigenvalue weighted by Gasteiger charge is -2.15. The monoisotopic (exact) mass is 616 g/mol. The molecule has 6 aromatic carbocycles. The standard InChI is InChI=1S/C44H28N2O2/c1-3-39-34(23-27(2)29-11-5-4-6-12-29)43-41(47-39)21-22-42-44(43)35-25-30(18-20-40(35)48-42)31-19-17-28(26-45)24-38(31)46-36-15-9-7-13-32(36)33-14-8-10-16-37(33)46/h3-25H,1H2,2H3/b27-23+. The second-order valence-electron chi connectivity index (χ2n) is 12.1. The summed E-state index contributed by atoms with van der Waals surface area (Å²) in [6.45, 7) is 6.19. The number of nitrogens with zero attached hydrogens (tertiary/aromatic N) is 2. The molecule has 0 atom stereocenters. The number of aromatic nitrogens is 1. The minimum absolute atomic E-state index is 0.604. The average Bonchev–Trinajstić information content (AvgIpc) is 3.80. The van der Waals surface area contributed by atoms with E-state index in [1.54, 1.807) is 6.08 Å². The Morgan fingerprint density at radius 3 is 2.06 bits per heavy atom. The van der Waals surface area contributed by atoms with Crippen molar-refractivity contribution >= 4 is 72.4 Å². The van der Waals surface area contributed by atoms with Gasteiger partial charge in [0.1, 0.15) is 22.5 Å². The maximum absolute atomic E-state index is 9.97. The molecule has 0 N–H and O–H groups in total. The summed E-state index contributed by atoms with van der Waals surface area (Å²) in [4.78, 5) is 0. The number of furan rings is 2. The maximum Gasteiger partial charge on any atom is 0.136 e. The van der Waals surface area contributed by atoms with Gasteiger partial charge < -0.3 is 13.4 Å². The molecule has 0 amide bonds.